The smallest absolute Gasteiger partial charge is 0.295 e. The molecule has 1 amide bonds. The Balaban J connectivity index is 1.53. The van der Waals surface area contributed by atoms with Gasteiger partial charge in [0.25, 0.3) is 11.7 Å². The number of amides is 1. The molecule has 222 valence electrons. The Hall–Kier alpha value is -4.47. The number of fused-ring (bicyclic) bond motifs is 1. The van der Waals surface area contributed by atoms with Crippen LogP contribution in [0.25, 0.3) is 5.76 Å². The standard InChI is InChI=1S/C32H37N3O7/c1-3-5-6-16-40-24-10-8-22(19-26(24)39-4-2)29-28(30(36)23-9-11-25-27(20-23)42-18-17-41-25)31(37)32(38)35(29)14-7-13-34-15-12-33-21-34/h8-12,15,19-21,29,36H,3-7,13-14,16-18H2,1-2H3/b30-28-. The zero-order valence-corrected chi connectivity index (χ0v) is 24.1. The molecule has 0 radical (unpaired) electrons. The van der Waals surface area contributed by atoms with Crippen molar-refractivity contribution < 1.29 is 33.6 Å². The Kier molecular flexibility index (Phi) is 9.31. The minimum Gasteiger partial charge on any atom is -0.507 e. The predicted octanol–water partition coefficient (Wildman–Crippen LogP) is 5.13. The van der Waals surface area contributed by atoms with Crippen molar-refractivity contribution in [3.63, 3.8) is 0 Å². The first-order valence-electron chi connectivity index (χ1n) is 14.6. The maximum atomic E-state index is 13.5. The first-order chi connectivity index (χ1) is 20.5. The highest BCUT2D eigenvalue weighted by Crippen LogP contribution is 2.43. The molecule has 10 heteroatoms. The van der Waals surface area contributed by atoms with E-state index < -0.39 is 17.7 Å². The van der Waals surface area contributed by atoms with Crippen LogP contribution in [-0.4, -0.2) is 64.2 Å². The van der Waals surface area contributed by atoms with Crippen molar-refractivity contribution in [2.24, 2.45) is 0 Å². The third-order valence-corrected chi connectivity index (χ3v) is 7.32. The summed E-state index contributed by atoms with van der Waals surface area (Å²) in [4.78, 5) is 32.6. The molecule has 0 bridgehead atoms. The van der Waals surface area contributed by atoms with E-state index in [1.54, 1.807) is 36.8 Å². The van der Waals surface area contributed by atoms with Crippen LogP contribution < -0.4 is 18.9 Å². The lowest BCUT2D eigenvalue weighted by atomic mass is 9.94. The van der Waals surface area contributed by atoms with Crippen molar-refractivity contribution in [2.75, 3.05) is 33.0 Å². The van der Waals surface area contributed by atoms with Gasteiger partial charge in [-0.25, -0.2) is 4.98 Å². The average molecular weight is 576 g/mol. The number of aryl methyl sites for hydroxylation is 1. The summed E-state index contributed by atoms with van der Waals surface area (Å²) in [6, 6.07) is 9.59. The molecule has 1 aromatic heterocycles. The SMILES string of the molecule is CCCCCOc1ccc(C2/C(=C(/O)c3ccc4c(c3)OCCO4)C(=O)C(=O)N2CCCn2ccnc2)cc1OCC. The molecular weight excluding hydrogens is 538 g/mol. The molecule has 2 aromatic carbocycles. The lowest BCUT2D eigenvalue weighted by Crippen LogP contribution is -2.31. The molecule has 3 aromatic rings. The van der Waals surface area contributed by atoms with E-state index in [0.29, 0.717) is 80.1 Å². The number of rotatable bonds is 13. The second-order valence-electron chi connectivity index (χ2n) is 10.2. The zero-order chi connectivity index (χ0) is 29.5. The molecule has 0 saturated carbocycles. The third kappa shape index (κ3) is 6.22. The van der Waals surface area contributed by atoms with Crippen molar-refractivity contribution in [3.05, 3.63) is 71.8 Å². The number of imidazole rings is 1. The van der Waals surface area contributed by atoms with Crippen LogP contribution >= 0.6 is 0 Å². The quantitative estimate of drug-likeness (QED) is 0.129. The molecule has 1 saturated heterocycles. The summed E-state index contributed by atoms with van der Waals surface area (Å²) >= 11 is 0. The van der Waals surface area contributed by atoms with E-state index in [9.17, 15) is 14.7 Å². The van der Waals surface area contributed by atoms with Gasteiger partial charge in [-0.3, -0.25) is 9.59 Å². The van der Waals surface area contributed by atoms with Gasteiger partial charge in [-0.2, -0.15) is 0 Å². The maximum Gasteiger partial charge on any atom is 0.295 e. The van der Waals surface area contributed by atoms with E-state index in [-0.39, 0.29) is 11.3 Å². The normalized spacial score (nSPS) is 17.5. The van der Waals surface area contributed by atoms with E-state index in [4.69, 9.17) is 18.9 Å². The topological polar surface area (TPSA) is 112 Å². The summed E-state index contributed by atoms with van der Waals surface area (Å²) in [6.45, 7) is 6.72. The van der Waals surface area contributed by atoms with Gasteiger partial charge in [-0.15, -0.1) is 0 Å². The van der Waals surface area contributed by atoms with Crippen molar-refractivity contribution in [2.45, 2.75) is 52.1 Å². The number of aliphatic hydroxyl groups excluding tert-OH is 1. The highest BCUT2D eigenvalue weighted by Gasteiger charge is 2.46. The second kappa shape index (κ2) is 13.5. The van der Waals surface area contributed by atoms with Crippen LogP contribution in [0.5, 0.6) is 23.0 Å². The minimum absolute atomic E-state index is 0.0124. The number of carbonyl (C=O) groups excluding carboxylic acids is 2. The van der Waals surface area contributed by atoms with Crippen molar-refractivity contribution in [1.29, 1.82) is 0 Å². The number of likely N-dealkylation sites (tertiary alicyclic amines) is 1. The van der Waals surface area contributed by atoms with E-state index in [1.165, 1.54) is 4.90 Å². The van der Waals surface area contributed by atoms with Crippen molar-refractivity contribution in [1.82, 2.24) is 14.5 Å². The molecule has 10 nitrogen and oxygen atoms in total. The number of aromatic nitrogens is 2. The molecule has 1 atom stereocenters. The third-order valence-electron chi connectivity index (χ3n) is 7.32. The number of Topliss-reactive ketones (excluding diaryl/α,β-unsaturated/α-hetero) is 1. The lowest BCUT2D eigenvalue weighted by Gasteiger charge is -2.26. The summed E-state index contributed by atoms with van der Waals surface area (Å²) in [7, 11) is 0. The zero-order valence-electron chi connectivity index (χ0n) is 24.1. The maximum absolute atomic E-state index is 13.5. The van der Waals surface area contributed by atoms with Gasteiger partial charge in [0, 0.05) is 31.0 Å². The Bertz CT molecular complexity index is 1430. The summed E-state index contributed by atoms with van der Waals surface area (Å²) in [5.74, 6) is 0.473. The molecule has 1 unspecified atom stereocenters. The number of ketones is 1. The molecule has 2 aliphatic heterocycles. The summed E-state index contributed by atoms with van der Waals surface area (Å²) in [5.41, 5.74) is 1.01. The van der Waals surface area contributed by atoms with E-state index in [2.05, 4.69) is 11.9 Å². The van der Waals surface area contributed by atoms with Crippen LogP contribution in [0, 0.1) is 0 Å². The Labute approximate surface area is 245 Å². The highest BCUT2D eigenvalue weighted by molar-refractivity contribution is 6.46. The van der Waals surface area contributed by atoms with Crippen molar-refractivity contribution in [3.8, 4) is 23.0 Å². The van der Waals surface area contributed by atoms with Crippen LogP contribution in [0.3, 0.4) is 0 Å². The fraction of sp³-hybridized carbons (Fsp3) is 0.406. The van der Waals surface area contributed by atoms with Gasteiger partial charge in [0.1, 0.15) is 19.0 Å². The number of carbonyl (C=O) groups is 2. The molecule has 2 aliphatic rings. The van der Waals surface area contributed by atoms with Gasteiger partial charge in [0.2, 0.25) is 0 Å². The average Bonchev–Trinajstić information content (AvgIpc) is 3.62. The first-order valence-corrected chi connectivity index (χ1v) is 14.6. The molecule has 3 heterocycles. The number of hydrogen-bond donors (Lipinski definition) is 1. The molecule has 5 rings (SSSR count). The minimum atomic E-state index is -0.825. The van der Waals surface area contributed by atoms with Crippen LogP contribution in [0.15, 0.2) is 60.7 Å². The molecule has 0 spiro atoms. The van der Waals surface area contributed by atoms with Gasteiger partial charge in [0.15, 0.2) is 23.0 Å². The molecule has 1 N–H and O–H groups in total. The number of benzene rings is 2. The van der Waals surface area contributed by atoms with Crippen LogP contribution in [0.4, 0.5) is 0 Å². The van der Waals surface area contributed by atoms with E-state index in [1.807, 2.05) is 29.8 Å². The van der Waals surface area contributed by atoms with Gasteiger partial charge in [-0.1, -0.05) is 25.8 Å². The number of hydrogen-bond acceptors (Lipinski definition) is 8. The molecule has 42 heavy (non-hydrogen) atoms. The second-order valence-corrected chi connectivity index (χ2v) is 10.2. The fourth-order valence-corrected chi connectivity index (χ4v) is 5.26. The monoisotopic (exact) mass is 575 g/mol. The Morgan fingerprint density at radius 1 is 0.976 bits per heavy atom. The van der Waals surface area contributed by atoms with Gasteiger partial charge in [-0.05, 0) is 55.7 Å². The van der Waals surface area contributed by atoms with Gasteiger partial charge < -0.3 is 33.5 Å². The lowest BCUT2D eigenvalue weighted by molar-refractivity contribution is -0.139. The molecule has 1 fully saturated rings. The summed E-state index contributed by atoms with van der Waals surface area (Å²) < 4.78 is 25.2. The Morgan fingerprint density at radius 3 is 2.57 bits per heavy atom. The number of unbranched alkanes of at least 4 members (excludes halogenated alkanes) is 2. The first kappa shape index (κ1) is 29.0. The molecule has 0 aliphatic carbocycles. The van der Waals surface area contributed by atoms with Gasteiger partial charge >= 0.3 is 0 Å². The fourth-order valence-electron chi connectivity index (χ4n) is 5.26. The number of ether oxygens (including phenoxy) is 4. The highest BCUT2D eigenvalue weighted by atomic mass is 16.6. The Morgan fingerprint density at radius 2 is 1.81 bits per heavy atom. The van der Waals surface area contributed by atoms with Crippen LogP contribution in [0.1, 0.15) is 56.7 Å². The summed E-state index contributed by atoms with van der Waals surface area (Å²) in [5, 5.41) is 11.5. The summed E-state index contributed by atoms with van der Waals surface area (Å²) in [6.07, 6.45) is 8.92. The van der Waals surface area contributed by atoms with Crippen LogP contribution in [-0.2, 0) is 16.1 Å². The van der Waals surface area contributed by atoms with E-state index >= 15 is 0 Å². The largest absolute Gasteiger partial charge is 0.507 e. The van der Waals surface area contributed by atoms with Crippen LogP contribution in [0.2, 0.25) is 0 Å². The number of nitrogens with zero attached hydrogens (tertiary/aromatic N) is 3. The van der Waals surface area contributed by atoms with Gasteiger partial charge in [0.05, 0.1) is 31.2 Å². The van der Waals surface area contributed by atoms with Crippen molar-refractivity contribution >= 4 is 17.4 Å². The predicted molar refractivity (Wildman–Crippen MR) is 156 cm³/mol. The number of aliphatic hydroxyl groups is 1. The molecular formula is C32H37N3O7. The van der Waals surface area contributed by atoms with E-state index in [0.717, 1.165) is 19.3 Å².